The average Bonchev–Trinajstić information content (AvgIpc) is 3.53. The van der Waals surface area contributed by atoms with Gasteiger partial charge < -0.3 is 4.40 Å². The number of aryl methyl sites for hydroxylation is 4. The van der Waals surface area contributed by atoms with Crippen LogP contribution in [0.15, 0.2) is 60.8 Å². The summed E-state index contributed by atoms with van der Waals surface area (Å²) in [5, 5.41) is 9.59. The van der Waals surface area contributed by atoms with Crippen LogP contribution in [0.25, 0.3) is 59.8 Å². The molecule has 3 aromatic heterocycles. The van der Waals surface area contributed by atoms with Crippen LogP contribution >= 0.6 is 0 Å². The minimum atomic E-state index is 0.845. The zero-order chi connectivity index (χ0) is 25.0. The van der Waals surface area contributed by atoms with Crippen molar-refractivity contribution in [1.82, 2.24) is 4.40 Å². The normalized spacial score (nSPS) is 15.1. The zero-order valence-electron chi connectivity index (χ0n) is 22.3. The lowest BCUT2D eigenvalue weighted by molar-refractivity contribution is -0.643. The third kappa shape index (κ3) is 2.79. The quantitative estimate of drug-likeness (QED) is 0.133. The van der Waals surface area contributed by atoms with Crippen molar-refractivity contribution in [2.45, 2.75) is 52.9 Å². The average molecular weight is 482 g/mol. The fourth-order valence-corrected chi connectivity index (χ4v) is 7.70. The SMILES string of the molecule is Cc1ccc2c(C)c3c(c(C)c2c1)n1c2cc(CC4CCCC4)ccc2c2ccc4cc[n+](C)c3c4c21. The van der Waals surface area contributed by atoms with Crippen molar-refractivity contribution in [2.24, 2.45) is 13.0 Å². The molecule has 1 aliphatic rings. The monoisotopic (exact) mass is 481 g/mol. The van der Waals surface area contributed by atoms with Gasteiger partial charge in [-0.25, -0.2) is 4.57 Å². The first-order valence-electron chi connectivity index (χ1n) is 13.9. The maximum Gasteiger partial charge on any atom is 0.224 e. The molecule has 4 aromatic carbocycles. The van der Waals surface area contributed by atoms with Crippen LogP contribution < -0.4 is 4.57 Å². The fourth-order valence-electron chi connectivity index (χ4n) is 7.70. The summed E-state index contributed by atoms with van der Waals surface area (Å²) in [6.45, 7) is 6.88. The van der Waals surface area contributed by atoms with Gasteiger partial charge in [0, 0.05) is 16.8 Å². The number of pyridine rings is 2. The molecule has 2 nitrogen and oxygen atoms in total. The van der Waals surface area contributed by atoms with Crippen molar-refractivity contribution < 1.29 is 4.57 Å². The summed E-state index contributed by atoms with van der Waals surface area (Å²) >= 11 is 0. The van der Waals surface area contributed by atoms with E-state index in [1.807, 2.05) is 0 Å². The maximum absolute atomic E-state index is 2.64. The lowest BCUT2D eigenvalue weighted by Gasteiger charge is -2.17. The minimum absolute atomic E-state index is 0.845. The Kier molecular flexibility index (Phi) is 4.31. The summed E-state index contributed by atoms with van der Waals surface area (Å²) < 4.78 is 4.98. The number of benzene rings is 4. The number of rotatable bonds is 2. The highest BCUT2D eigenvalue weighted by Gasteiger charge is 2.26. The van der Waals surface area contributed by atoms with E-state index in [4.69, 9.17) is 0 Å². The molecule has 3 heterocycles. The van der Waals surface area contributed by atoms with Crippen molar-refractivity contribution in [3.8, 4) is 0 Å². The van der Waals surface area contributed by atoms with Crippen molar-refractivity contribution >= 4 is 59.8 Å². The molecule has 0 radical (unpaired) electrons. The molecule has 1 aliphatic carbocycles. The third-order valence-electron chi connectivity index (χ3n) is 9.50. The van der Waals surface area contributed by atoms with Crippen LogP contribution in [0.2, 0.25) is 0 Å². The lowest BCUT2D eigenvalue weighted by Crippen LogP contribution is -2.29. The molecule has 182 valence electrons. The molecule has 0 saturated heterocycles. The summed E-state index contributed by atoms with van der Waals surface area (Å²) in [5.74, 6) is 0.845. The first kappa shape index (κ1) is 21.4. The number of aromatic nitrogens is 2. The van der Waals surface area contributed by atoms with E-state index < -0.39 is 0 Å². The van der Waals surface area contributed by atoms with Gasteiger partial charge in [0.2, 0.25) is 5.52 Å². The molecule has 0 bridgehead atoms. The third-order valence-corrected chi connectivity index (χ3v) is 9.50. The Hall–Kier alpha value is -3.65. The summed E-state index contributed by atoms with van der Waals surface area (Å²) in [5.41, 5.74) is 11.0. The summed E-state index contributed by atoms with van der Waals surface area (Å²) in [6.07, 6.45) is 9.02. The molecule has 7 aromatic rings. The first-order chi connectivity index (χ1) is 18.0. The van der Waals surface area contributed by atoms with E-state index in [2.05, 4.69) is 97.6 Å². The molecule has 0 aliphatic heterocycles. The van der Waals surface area contributed by atoms with Gasteiger partial charge in [0.25, 0.3) is 0 Å². The predicted octanol–water partition coefficient (Wildman–Crippen LogP) is 8.63. The molecular weight excluding hydrogens is 448 g/mol. The standard InChI is InChI=1S/C35H33N2/c1-20-9-12-26-21(2)31-33(22(3)29(26)17-20)37-30-19-24(18-23-7-5-6-8-23)10-13-27(30)28-14-11-25-15-16-36(4)35(31)32(25)34(28)37/h9-17,19,23H,5-8,18H2,1-4H3/q+1. The molecule has 37 heavy (non-hydrogen) atoms. The van der Waals surface area contributed by atoms with E-state index >= 15 is 0 Å². The topological polar surface area (TPSA) is 8.29 Å². The van der Waals surface area contributed by atoms with Gasteiger partial charge in [-0.1, -0.05) is 73.7 Å². The lowest BCUT2D eigenvalue weighted by atomic mass is 9.92. The molecule has 0 amide bonds. The molecule has 2 heteroatoms. The Balaban J connectivity index is 1.65. The Labute approximate surface area is 217 Å². The van der Waals surface area contributed by atoms with Crippen LogP contribution in [0, 0.1) is 26.7 Å². The second-order valence-corrected chi connectivity index (χ2v) is 11.8. The molecule has 8 rings (SSSR count). The van der Waals surface area contributed by atoms with Gasteiger partial charge in [0.05, 0.1) is 27.3 Å². The molecule has 1 fully saturated rings. The minimum Gasteiger partial charge on any atom is -0.307 e. The van der Waals surface area contributed by atoms with Crippen LogP contribution in [0.3, 0.4) is 0 Å². The Bertz CT molecular complexity index is 2050. The molecule has 1 saturated carbocycles. The molecule has 0 N–H and O–H groups in total. The molecule has 0 spiro atoms. The van der Waals surface area contributed by atoms with Crippen LogP contribution in [-0.2, 0) is 13.5 Å². The van der Waals surface area contributed by atoms with Gasteiger partial charge in [-0.05, 0) is 72.0 Å². The Morgan fingerprint density at radius 3 is 2.38 bits per heavy atom. The van der Waals surface area contributed by atoms with E-state index in [0.29, 0.717) is 0 Å². The molecular formula is C35H33N2+. The van der Waals surface area contributed by atoms with Gasteiger partial charge in [-0.3, -0.25) is 0 Å². The number of hydrogen-bond acceptors (Lipinski definition) is 0. The molecule has 0 unspecified atom stereocenters. The second kappa shape index (κ2) is 7.44. The van der Waals surface area contributed by atoms with Crippen LogP contribution in [0.1, 0.15) is 47.9 Å². The van der Waals surface area contributed by atoms with E-state index in [1.165, 1.54) is 114 Å². The maximum atomic E-state index is 2.64. The van der Waals surface area contributed by atoms with Gasteiger partial charge in [0.1, 0.15) is 7.05 Å². The van der Waals surface area contributed by atoms with E-state index in [-0.39, 0.29) is 0 Å². The highest BCUT2D eigenvalue weighted by atomic mass is 15.0. The highest BCUT2D eigenvalue weighted by Crippen LogP contribution is 2.44. The largest absolute Gasteiger partial charge is 0.307 e. The van der Waals surface area contributed by atoms with Crippen molar-refractivity contribution in [2.75, 3.05) is 0 Å². The van der Waals surface area contributed by atoms with Crippen LogP contribution in [-0.4, -0.2) is 4.40 Å². The second-order valence-electron chi connectivity index (χ2n) is 11.8. The van der Waals surface area contributed by atoms with E-state index in [0.717, 1.165) is 5.92 Å². The molecule has 0 atom stereocenters. The number of fused-ring (bicyclic) bond motifs is 7. The number of nitrogens with zero attached hydrogens (tertiary/aromatic N) is 2. The van der Waals surface area contributed by atoms with Crippen LogP contribution in [0.4, 0.5) is 0 Å². The highest BCUT2D eigenvalue weighted by molar-refractivity contribution is 6.28. The van der Waals surface area contributed by atoms with Gasteiger partial charge in [0.15, 0.2) is 6.20 Å². The van der Waals surface area contributed by atoms with Gasteiger partial charge in [-0.15, -0.1) is 0 Å². The van der Waals surface area contributed by atoms with Crippen molar-refractivity contribution in [1.29, 1.82) is 0 Å². The summed E-state index contributed by atoms with van der Waals surface area (Å²) in [7, 11) is 2.21. The smallest absolute Gasteiger partial charge is 0.224 e. The van der Waals surface area contributed by atoms with Crippen molar-refractivity contribution in [3.05, 3.63) is 83.0 Å². The Morgan fingerprint density at radius 1 is 0.757 bits per heavy atom. The van der Waals surface area contributed by atoms with E-state index in [1.54, 1.807) is 0 Å². The first-order valence-corrected chi connectivity index (χ1v) is 13.9. The number of hydrogen-bond donors (Lipinski definition) is 0. The van der Waals surface area contributed by atoms with Gasteiger partial charge in [-0.2, -0.15) is 0 Å². The van der Waals surface area contributed by atoms with Crippen molar-refractivity contribution in [3.63, 3.8) is 0 Å². The van der Waals surface area contributed by atoms with Crippen LogP contribution in [0.5, 0.6) is 0 Å². The zero-order valence-corrected chi connectivity index (χ0v) is 22.3. The van der Waals surface area contributed by atoms with E-state index in [9.17, 15) is 0 Å². The predicted molar refractivity (Wildman–Crippen MR) is 157 cm³/mol. The fraction of sp³-hybridized carbons (Fsp3) is 0.286. The summed E-state index contributed by atoms with van der Waals surface area (Å²) in [6, 6.07) is 21.3. The summed E-state index contributed by atoms with van der Waals surface area (Å²) in [4.78, 5) is 0. The Morgan fingerprint density at radius 2 is 1.54 bits per heavy atom. The van der Waals surface area contributed by atoms with Gasteiger partial charge >= 0.3 is 0 Å².